The standard InChI is InChI=1S/C20H28N2O2/c23-18(14-21-12-6-10-19(21)24)15-22-13-17-9-4-5-11-20(17,22)16-7-2-1-3-8-16/h1-3,7-8,17-18,23H,4-6,9-15H2/t17-,18+,20-/m1/s1. The molecule has 1 saturated carbocycles. The van der Waals surface area contributed by atoms with Gasteiger partial charge in [0.15, 0.2) is 0 Å². The summed E-state index contributed by atoms with van der Waals surface area (Å²) in [6.07, 6.45) is 6.22. The first-order valence-corrected chi connectivity index (χ1v) is 9.46. The molecule has 1 aliphatic carbocycles. The van der Waals surface area contributed by atoms with E-state index in [9.17, 15) is 9.90 Å². The Labute approximate surface area is 144 Å². The first-order valence-electron chi connectivity index (χ1n) is 9.46. The third-order valence-corrected chi connectivity index (χ3v) is 6.35. The summed E-state index contributed by atoms with van der Waals surface area (Å²) in [4.78, 5) is 16.1. The number of fused-ring (bicyclic) bond motifs is 1. The lowest BCUT2D eigenvalue weighted by Gasteiger charge is -2.62. The second-order valence-electron chi connectivity index (χ2n) is 7.74. The van der Waals surface area contributed by atoms with Crippen LogP contribution in [0.4, 0.5) is 0 Å². The number of hydrogen-bond acceptors (Lipinski definition) is 3. The van der Waals surface area contributed by atoms with Crippen molar-refractivity contribution in [3.63, 3.8) is 0 Å². The Morgan fingerprint density at radius 1 is 1.17 bits per heavy atom. The third-order valence-electron chi connectivity index (χ3n) is 6.35. The van der Waals surface area contributed by atoms with E-state index in [1.165, 1.54) is 31.2 Å². The predicted octanol–water partition coefficient (Wildman–Crippen LogP) is 2.37. The number of amides is 1. The van der Waals surface area contributed by atoms with Gasteiger partial charge in [0, 0.05) is 32.6 Å². The number of aliphatic hydroxyl groups is 1. The Morgan fingerprint density at radius 3 is 2.71 bits per heavy atom. The van der Waals surface area contributed by atoms with E-state index in [-0.39, 0.29) is 11.4 Å². The maximum Gasteiger partial charge on any atom is 0.222 e. The van der Waals surface area contributed by atoms with Crippen LogP contribution >= 0.6 is 0 Å². The van der Waals surface area contributed by atoms with E-state index in [1.54, 1.807) is 0 Å². The maximum absolute atomic E-state index is 11.8. The van der Waals surface area contributed by atoms with Crippen LogP contribution < -0.4 is 0 Å². The van der Waals surface area contributed by atoms with Crippen LogP contribution in [0.25, 0.3) is 0 Å². The largest absolute Gasteiger partial charge is 0.390 e. The van der Waals surface area contributed by atoms with Crippen molar-refractivity contribution in [2.75, 3.05) is 26.2 Å². The number of benzene rings is 1. The van der Waals surface area contributed by atoms with Crippen molar-refractivity contribution in [3.8, 4) is 0 Å². The van der Waals surface area contributed by atoms with Crippen molar-refractivity contribution in [2.45, 2.75) is 50.2 Å². The highest BCUT2D eigenvalue weighted by molar-refractivity contribution is 5.78. The fourth-order valence-electron chi connectivity index (χ4n) is 5.19. The van der Waals surface area contributed by atoms with Crippen LogP contribution in [0.1, 0.15) is 44.1 Å². The predicted molar refractivity (Wildman–Crippen MR) is 93.5 cm³/mol. The number of nitrogens with zero attached hydrogens (tertiary/aromatic N) is 2. The average molecular weight is 328 g/mol. The molecule has 1 aromatic rings. The van der Waals surface area contributed by atoms with E-state index >= 15 is 0 Å². The normalized spacial score (nSPS) is 31.6. The zero-order valence-corrected chi connectivity index (χ0v) is 14.4. The molecule has 3 aliphatic rings. The van der Waals surface area contributed by atoms with Crippen molar-refractivity contribution in [1.29, 1.82) is 0 Å². The van der Waals surface area contributed by atoms with Gasteiger partial charge in [-0.05, 0) is 30.7 Å². The Bertz CT molecular complexity index is 591. The van der Waals surface area contributed by atoms with E-state index in [0.29, 0.717) is 25.4 Å². The zero-order valence-electron chi connectivity index (χ0n) is 14.4. The minimum Gasteiger partial charge on any atom is -0.390 e. The number of aliphatic hydroxyl groups excluding tert-OH is 1. The van der Waals surface area contributed by atoms with Gasteiger partial charge in [-0.15, -0.1) is 0 Å². The van der Waals surface area contributed by atoms with Gasteiger partial charge in [0.05, 0.1) is 11.6 Å². The Morgan fingerprint density at radius 2 is 2.00 bits per heavy atom. The van der Waals surface area contributed by atoms with Gasteiger partial charge >= 0.3 is 0 Å². The highest BCUT2D eigenvalue weighted by atomic mass is 16.3. The molecule has 3 atom stereocenters. The number of carbonyl (C=O) groups excluding carboxylic acids is 1. The second kappa shape index (κ2) is 6.49. The Kier molecular flexibility index (Phi) is 4.35. The van der Waals surface area contributed by atoms with Crippen LogP contribution in [0, 0.1) is 5.92 Å². The summed E-state index contributed by atoms with van der Waals surface area (Å²) in [5, 5.41) is 10.6. The van der Waals surface area contributed by atoms with E-state index in [4.69, 9.17) is 0 Å². The SMILES string of the molecule is O=C1CCCN1C[C@H](O)CN1C[C@H]2CCCC[C@@]21c1ccccc1. The molecule has 0 radical (unpaired) electrons. The van der Waals surface area contributed by atoms with Gasteiger partial charge in [-0.2, -0.15) is 0 Å². The molecule has 2 saturated heterocycles. The molecule has 0 aromatic heterocycles. The molecule has 2 aliphatic heterocycles. The van der Waals surface area contributed by atoms with Gasteiger partial charge in [0.2, 0.25) is 5.91 Å². The lowest BCUT2D eigenvalue weighted by molar-refractivity contribution is -0.137. The molecule has 0 spiro atoms. The van der Waals surface area contributed by atoms with Gasteiger partial charge in [-0.25, -0.2) is 0 Å². The maximum atomic E-state index is 11.8. The topological polar surface area (TPSA) is 43.8 Å². The van der Waals surface area contributed by atoms with Crippen molar-refractivity contribution < 1.29 is 9.90 Å². The third kappa shape index (κ3) is 2.66. The fourth-order valence-corrected chi connectivity index (χ4v) is 5.19. The Balaban J connectivity index is 1.47. The highest BCUT2D eigenvalue weighted by Crippen LogP contribution is 2.53. The quantitative estimate of drug-likeness (QED) is 0.902. The van der Waals surface area contributed by atoms with Crippen molar-refractivity contribution in [2.24, 2.45) is 5.92 Å². The molecular formula is C20H28N2O2. The summed E-state index contributed by atoms with van der Waals surface area (Å²) in [5.74, 6) is 0.917. The zero-order chi connectivity index (χ0) is 16.6. The minimum atomic E-state index is -0.449. The van der Waals surface area contributed by atoms with E-state index in [2.05, 4.69) is 35.2 Å². The molecule has 24 heavy (non-hydrogen) atoms. The van der Waals surface area contributed by atoms with Crippen LogP contribution in [-0.2, 0) is 10.3 Å². The molecule has 1 aromatic carbocycles. The molecule has 4 heteroatoms. The van der Waals surface area contributed by atoms with Crippen LogP contribution in [0.15, 0.2) is 30.3 Å². The molecule has 0 unspecified atom stereocenters. The van der Waals surface area contributed by atoms with Gasteiger partial charge in [0.25, 0.3) is 0 Å². The molecule has 4 rings (SSSR count). The van der Waals surface area contributed by atoms with Gasteiger partial charge in [-0.1, -0.05) is 43.2 Å². The average Bonchev–Trinajstić information content (AvgIpc) is 2.98. The molecule has 130 valence electrons. The van der Waals surface area contributed by atoms with Crippen LogP contribution in [0.3, 0.4) is 0 Å². The van der Waals surface area contributed by atoms with Crippen molar-refractivity contribution in [1.82, 2.24) is 9.80 Å². The summed E-state index contributed by atoms with van der Waals surface area (Å²) < 4.78 is 0. The molecule has 2 heterocycles. The number of rotatable bonds is 5. The monoisotopic (exact) mass is 328 g/mol. The second-order valence-corrected chi connectivity index (χ2v) is 7.74. The van der Waals surface area contributed by atoms with E-state index in [0.717, 1.165) is 19.5 Å². The highest BCUT2D eigenvalue weighted by Gasteiger charge is 2.55. The summed E-state index contributed by atoms with van der Waals surface area (Å²) in [6, 6.07) is 10.8. The molecular weight excluding hydrogens is 300 g/mol. The number of likely N-dealkylation sites (tertiary alicyclic amines) is 2. The summed E-state index contributed by atoms with van der Waals surface area (Å²) in [6.45, 7) is 3.06. The molecule has 1 N–H and O–H groups in total. The van der Waals surface area contributed by atoms with Crippen molar-refractivity contribution >= 4 is 5.91 Å². The van der Waals surface area contributed by atoms with Crippen molar-refractivity contribution in [3.05, 3.63) is 35.9 Å². The van der Waals surface area contributed by atoms with E-state index < -0.39 is 6.10 Å². The van der Waals surface area contributed by atoms with Crippen LogP contribution in [-0.4, -0.2) is 53.1 Å². The summed E-state index contributed by atoms with van der Waals surface area (Å²) in [7, 11) is 0. The Hall–Kier alpha value is -1.39. The van der Waals surface area contributed by atoms with Gasteiger partial charge in [0.1, 0.15) is 0 Å². The van der Waals surface area contributed by atoms with E-state index in [1.807, 2.05) is 4.90 Å². The van der Waals surface area contributed by atoms with Crippen LogP contribution in [0.2, 0.25) is 0 Å². The minimum absolute atomic E-state index is 0.121. The van der Waals surface area contributed by atoms with Gasteiger partial charge in [-0.3, -0.25) is 9.69 Å². The number of β-amino-alcohol motifs (C(OH)–C–C–N with tert-alkyl or cyclic N) is 1. The summed E-state index contributed by atoms with van der Waals surface area (Å²) in [5.41, 5.74) is 1.53. The molecule has 3 fully saturated rings. The first kappa shape index (κ1) is 16.1. The smallest absolute Gasteiger partial charge is 0.222 e. The lowest BCUT2D eigenvalue weighted by atomic mass is 9.61. The lowest BCUT2D eigenvalue weighted by Crippen LogP contribution is -2.67. The number of hydrogen-bond donors (Lipinski definition) is 1. The van der Waals surface area contributed by atoms with Gasteiger partial charge < -0.3 is 10.0 Å². The first-order chi connectivity index (χ1) is 11.7. The fraction of sp³-hybridized carbons (Fsp3) is 0.650. The number of carbonyl (C=O) groups is 1. The molecule has 4 nitrogen and oxygen atoms in total. The summed E-state index contributed by atoms with van der Waals surface area (Å²) >= 11 is 0. The molecule has 0 bridgehead atoms. The van der Waals surface area contributed by atoms with Crippen LogP contribution in [0.5, 0.6) is 0 Å². The molecule has 1 amide bonds.